The van der Waals surface area contributed by atoms with E-state index in [0.29, 0.717) is 36.0 Å². The number of amides is 1. The molecule has 4 rings (SSSR count). The Bertz CT molecular complexity index is 1250. The third-order valence-electron chi connectivity index (χ3n) is 4.92. The second kappa shape index (κ2) is 10.9. The summed E-state index contributed by atoms with van der Waals surface area (Å²) < 4.78 is 13.7. The van der Waals surface area contributed by atoms with Crippen LogP contribution in [0.25, 0.3) is 10.7 Å². The molecule has 0 fully saturated rings. The van der Waals surface area contributed by atoms with Gasteiger partial charge in [0.2, 0.25) is 5.91 Å². The number of H-pyrrole nitrogens is 1. The van der Waals surface area contributed by atoms with Crippen molar-refractivity contribution in [3.63, 3.8) is 0 Å². The number of nitrogens with one attached hydrogen (secondary N) is 2. The lowest BCUT2D eigenvalue weighted by atomic mass is 10.2. The smallest absolute Gasteiger partial charge is 0.222 e. The highest BCUT2D eigenvalue weighted by molar-refractivity contribution is 7.71. The van der Waals surface area contributed by atoms with Gasteiger partial charge in [-0.1, -0.05) is 12.1 Å². The largest absolute Gasteiger partial charge is 0.493 e. The van der Waals surface area contributed by atoms with Crippen molar-refractivity contribution in [1.82, 2.24) is 25.1 Å². The second-order valence-corrected chi connectivity index (χ2v) is 8.47. The molecule has 3 aromatic heterocycles. The molecule has 3 heterocycles. The van der Waals surface area contributed by atoms with Crippen molar-refractivity contribution in [2.45, 2.75) is 26.1 Å². The van der Waals surface area contributed by atoms with Crippen molar-refractivity contribution in [2.75, 3.05) is 7.11 Å². The average Bonchev–Trinajstić information content (AvgIpc) is 3.50. The minimum absolute atomic E-state index is 0.0767. The maximum Gasteiger partial charge on any atom is 0.222 e. The van der Waals surface area contributed by atoms with E-state index < -0.39 is 0 Å². The van der Waals surface area contributed by atoms with Crippen molar-refractivity contribution in [1.29, 1.82) is 0 Å². The first-order valence-corrected chi connectivity index (χ1v) is 11.6. The number of aromatic amines is 1. The SMILES string of the molecule is COc1cc(CNC(=O)CCn2c(-c3cccs3)n[nH]c2=S)ccc1OCc1ccncc1. The number of hydrogen-bond donors (Lipinski definition) is 2. The summed E-state index contributed by atoms with van der Waals surface area (Å²) in [6, 6.07) is 13.4. The molecule has 0 spiro atoms. The molecule has 2 N–H and O–H groups in total. The van der Waals surface area contributed by atoms with Crippen molar-refractivity contribution in [3.8, 4) is 22.2 Å². The van der Waals surface area contributed by atoms with Crippen LogP contribution in [0, 0.1) is 4.77 Å². The van der Waals surface area contributed by atoms with Gasteiger partial charge in [0.15, 0.2) is 22.1 Å². The molecule has 0 atom stereocenters. The predicted molar refractivity (Wildman–Crippen MR) is 129 cm³/mol. The Labute approximate surface area is 200 Å². The number of carbonyl (C=O) groups excluding carboxylic acids is 1. The van der Waals surface area contributed by atoms with Gasteiger partial charge in [-0.3, -0.25) is 19.4 Å². The third-order valence-corrected chi connectivity index (χ3v) is 6.10. The first-order valence-electron chi connectivity index (χ1n) is 10.3. The molecule has 0 aliphatic rings. The van der Waals surface area contributed by atoms with E-state index in [-0.39, 0.29) is 12.3 Å². The maximum atomic E-state index is 12.5. The van der Waals surface area contributed by atoms with Crippen molar-refractivity contribution in [2.24, 2.45) is 0 Å². The first-order chi connectivity index (χ1) is 16.1. The van der Waals surface area contributed by atoms with Crippen LogP contribution in [0.4, 0.5) is 0 Å². The molecule has 0 bridgehead atoms. The van der Waals surface area contributed by atoms with E-state index in [1.165, 1.54) is 0 Å². The number of rotatable bonds is 10. The molecule has 1 amide bonds. The van der Waals surface area contributed by atoms with E-state index in [9.17, 15) is 4.79 Å². The van der Waals surface area contributed by atoms with Gasteiger partial charge in [-0.15, -0.1) is 11.3 Å². The number of ether oxygens (including phenoxy) is 2. The fraction of sp³-hybridized carbons (Fsp3) is 0.217. The molecule has 8 nitrogen and oxygen atoms in total. The summed E-state index contributed by atoms with van der Waals surface area (Å²) in [5.41, 5.74) is 1.93. The summed E-state index contributed by atoms with van der Waals surface area (Å²) in [6.45, 7) is 1.24. The lowest BCUT2D eigenvalue weighted by Crippen LogP contribution is -2.24. The molecular weight excluding hydrogens is 458 g/mol. The topological polar surface area (TPSA) is 94.1 Å². The molecule has 33 heavy (non-hydrogen) atoms. The van der Waals surface area contributed by atoms with E-state index in [1.54, 1.807) is 30.8 Å². The zero-order valence-electron chi connectivity index (χ0n) is 18.0. The van der Waals surface area contributed by atoms with E-state index in [0.717, 1.165) is 21.8 Å². The number of carbonyl (C=O) groups is 1. The van der Waals surface area contributed by atoms with E-state index in [1.807, 2.05) is 52.4 Å². The van der Waals surface area contributed by atoms with Crippen molar-refractivity contribution in [3.05, 3.63) is 76.1 Å². The highest BCUT2D eigenvalue weighted by Crippen LogP contribution is 2.29. The Kier molecular flexibility index (Phi) is 7.48. The van der Waals surface area contributed by atoms with Gasteiger partial charge < -0.3 is 14.8 Å². The quantitative estimate of drug-likeness (QED) is 0.327. The van der Waals surface area contributed by atoms with Crippen LogP contribution in [-0.4, -0.2) is 32.8 Å². The lowest BCUT2D eigenvalue weighted by molar-refractivity contribution is -0.121. The van der Waals surface area contributed by atoms with Crippen molar-refractivity contribution >= 4 is 29.5 Å². The van der Waals surface area contributed by atoms with Gasteiger partial charge in [0.05, 0.1) is 12.0 Å². The summed E-state index contributed by atoms with van der Waals surface area (Å²) in [4.78, 5) is 17.5. The number of methoxy groups -OCH3 is 1. The number of pyridine rings is 1. The lowest BCUT2D eigenvalue weighted by Gasteiger charge is -2.13. The molecule has 10 heteroatoms. The summed E-state index contributed by atoms with van der Waals surface area (Å²) in [7, 11) is 1.59. The molecular formula is C23H23N5O3S2. The van der Waals surface area contributed by atoms with Crippen LogP contribution in [-0.2, 0) is 24.5 Å². The first kappa shape index (κ1) is 22.7. The van der Waals surface area contributed by atoms with Gasteiger partial charge in [-0.25, -0.2) is 0 Å². The van der Waals surface area contributed by atoms with Crippen LogP contribution < -0.4 is 14.8 Å². The van der Waals surface area contributed by atoms with Crippen LogP contribution in [0.1, 0.15) is 17.5 Å². The van der Waals surface area contributed by atoms with E-state index in [4.69, 9.17) is 21.7 Å². The minimum Gasteiger partial charge on any atom is -0.493 e. The molecule has 0 saturated heterocycles. The summed E-state index contributed by atoms with van der Waals surface area (Å²) >= 11 is 6.90. The Hall–Kier alpha value is -3.50. The minimum atomic E-state index is -0.0767. The maximum absolute atomic E-state index is 12.5. The molecule has 0 unspecified atom stereocenters. The van der Waals surface area contributed by atoms with Gasteiger partial charge >= 0.3 is 0 Å². The van der Waals surface area contributed by atoms with E-state index in [2.05, 4.69) is 20.5 Å². The molecule has 0 radical (unpaired) electrons. The van der Waals surface area contributed by atoms with Crippen LogP contribution in [0.15, 0.2) is 60.2 Å². The molecule has 0 aliphatic heterocycles. The zero-order valence-corrected chi connectivity index (χ0v) is 19.6. The van der Waals surface area contributed by atoms with Gasteiger partial charge in [0.1, 0.15) is 6.61 Å². The number of nitrogens with zero attached hydrogens (tertiary/aromatic N) is 3. The Morgan fingerprint density at radius 1 is 1.18 bits per heavy atom. The standard InChI is InChI=1S/C23H23N5O3S2/c1-30-19-13-17(4-5-18(19)31-15-16-6-9-24-10-7-16)14-25-21(29)8-11-28-22(26-27-23(28)32)20-3-2-12-33-20/h2-7,9-10,12-13H,8,11,14-15H2,1H3,(H,25,29)(H,27,32). The van der Waals surface area contributed by atoms with Gasteiger partial charge in [-0.05, 0) is 59.1 Å². The summed E-state index contributed by atoms with van der Waals surface area (Å²) in [5.74, 6) is 1.92. The second-order valence-electron chi connectivity index (χ2n) is 7.14. The van der Waals surface area contributed by atoms with Crippen LogP contribution in [0.2, 0.25) is 0 Å². The fourth-order valence-electron chi connectivity index (χ4n) is 3.20. The van der Waals surface area contributed by atoms with Crippen molar-refractivity contribution < 1.29 is 14.3 Å². The number of benzene rings is 1. The zero-order chi connectivity index (χ0) is 23.0. The van der Waals surface area contributed by atoms with Gasteiger partial charge in [0, 0.05) is 31.9 Å². The van der Waals surface area contributed by atoms with E-state index >= 15 is 0 Å². The highest BCUT2D eigenvalue weighted by atomic mass is 32.1. The van der Waals surface area contributed by atoms with Crippen LogP contribution in [0.3, 0.4) is 0 Å². The summed E-state index contributed by atoms with van der Waals surface area (Å²) in [6.07, 6.45) is 3.74. The predicted octanol–water partition coefficient (Wildman–Crippen LogP) is 4.36. The monoisotopic (exact) mass is 481 g/mol. The van der Waals surface area contributed by atoms with Crippen LogP contribution >= 0.6 is 23.6 Å². The molecule has 0 saturated carbocycles. The molecule has 4 aromatic rings. The number of aromatic nitrogens is 4. The Morgan fingerprint density at radius 3 is 2.79 bits per heavy atom. The Balaban J connectivity index is 1.31. The molecule has 170 valence electrons. The Morgan fingerprint density at radius 2 is 2.03 bits per heavy atom. The molecule has 0 aliphatic carbocycles. The summed E-state index contributed by atoms with van der Waals surface area (Å²) in [5, 5.41) is 12.0. The van der Waals surface area contributed by atoms with Crippen LogP contribution in [0.5, 0.6) is 11.5 Å². The fourth-order valence-corrected chi connectivity index (χ4v) is 4.15. The average molecular weight is 482 g/mol. The highest BCUT2D eigenvalue weighted by Gasteiger charge is 2.12. The normalized spacial score (nSPS) is 10.7. The molecule has 1 aromatic carbocycles. The number of thiophene rings is 1. The number of hydrogen-bond acceptors (Lipinski definition) is 7. The third kappa shape index (κ3) is 5.85. The van der Waals surface area contributed by atoms with Gasteiger partial charge in [-0.2, -0.15) is 5.10 Å². The van der Waals surface area contributed by atoms with Gasteiger partial charge in [0.25, 0.3) is 0 Å².